The van der Waals surface area contributed by atoms with Crippen LogP contribution < -0.4 is 10.6 Å². The third-order valence-electron chi connectivity index (χ3n) is 4.60. The maximum atomic E-state index is 13.0. The molecule has 0 fully saturated rings. The number of carbonyl (C=O) groups is 2. The Labute approximate surface area is 141 Å². The number of H-pyrrole nitrogens is 1. The van der Waals surface area contributed by atoms with Crippen LogP contribution in [0.25, 0.3) is 0 Å². The number of aromatic amines is 1. The Morgan fingerprint density at radius 3 is 2.75 bits per heavy atom. The molecule has 1 aliphatic heterocycles. The molecule has 0 saturated heterocycles. The number of benzene rings is 1. The second kappa shape index (κ2) is 6.39. The van der Waals surface area contributed by atoms with Crippen molar-refractivity contribution in [1.29, 1.82) is 0 Å². The van der Waals surface area contributed by atoms with Crippen molar-refractivity contribution in [1.82, 2.24) is 9.88 Å². The number of nitrogens with one attached hydrogen (secondary N) is 1. The number of aromatic nitrogens is 1. The quantitative estimate of drug-likeness (QED) is 0.905. The maximum Gasteiger partial charge on any atom is 0.270 e. The number of primary amides is 1. The third kappa shape index (κ3) is 2.87. The summed E-state index contributed by atoms with van der Waals surface area (Å²) in [6.07, 6.45) is 2.34. The fourth-order valence-corrected chi connectivity index (χ4v) is 3.24. The summed E-state index contributed by atoms with van der Waals surface area (Å²) in [6.45, 7) is 3.39. The molecule has 6 heteroatoms. The first-order valence-electron chi connectivity index (χ1n) is 8.09. The molecule has 3 rings (SSSR count). The molecule has 1 aliphatic rings. The van der Waals surface area contributed by atoms with Gasteiger partial charge >= 0.3 is 0 Å². The second-order valence-electron chi connectivity index (χ2n) is 6.17. The number of rotatable bonds is 3. The minimum atomic E-state index is -0.543. The molecule has 0 saturated carbocycles. The van der Waals surface area contributed by atoms with Gasteiger partial charge in [-0.1, -0.05) is 25.1 Å². The van der Waals surface area contributed by atoms with E-state index in [-0.39, 0.29) is 11.9 Å². The standard InChI is InChI=1S/C18H22N4O2/c1-3-14-11-21(2)16-7-5-4-6-12(16)10-22(14)18(24)15-8-13(9-20-15)17(19)23/h4-9,14,20H,3,10-11H2,1-2H3,(H2,19,23)/t14-/m0/s1. The number of carbonyl (C=O) groups excluding carboxylic acids is 2. The van der Waals surface area contributed by atoms with Gasteiger partial charge in [-0.15, -0.1) is 0 Å². The molecule has 0 unspecified atom stereocenters. The minimum absolute atomic E-state index is 0.0928. The molecular formula is C18H22N4O2. The number of amides is 2. The second-order valence-corrected chi connectivity index (χ2v) is 6.17. The van der Waals surface area contributed by atoms with E-state index in [0.717, 1.165) is 24.2 Å². The zero-order chi connectivity index (χ0) is 17.3. The van der Waals surface area contributed by atoms with Crippen LogP contribution in [0.5, 0.6) is 0 Å². The summed E-state index contributed by atoms with van der Waals surface area (Å²) in [5.74, 6) is -0.655. The lowest BCUT2D eigenvalue weighted by Crippen LogP contribution is -2.43. The number of hydrogen-bond donors (Lipinski definition) is 2. The lowest BCUT2D eigenvalue weighted by atomic mass is 10.1. The van der Waals surface area contributed by atoms with E-state index in [9.17, 15) is 9.59 Å². The van der Waals surface area contributed by atoms with Crippen LogP contribution >= 0.6 is 0 Å². The van der Waals surface area contributed by atoms with E-state index in [2.05, 4.69) is 29.9 Å². The predicted molar refractivity (Wildman–Crippen MR) is 93.0 cm³/mol. The van der Waals surface area contributed by atoms with Gasteiger partial charge in [0.05, 0.1) is 5.56 Å². The molecule has 24 heavy (non-hydrogen) atoms. The van der Waals surface area contributed by atoms with Gasteiger partial charge in [-0.2, -0.15) is 0 Å². The molecule has 2 amide bonds. The Kier molecular flexibility index (Phi) is 4.29. The van der Waals surface area contributed by atoms with E-state index >= 15 is 0 Å². The molecular weight excluding hydrogens is 304 g/mol. The Morgan fingerprint density at radius 2 is 2.08 bits per heavy atom. The van der Waals surface area contributed by atoms with Crippen LogP contribution in [0.15, 0.2) is 36.5 Å². The highest BCUT2D eigenvalue weighted by Crippen LogP contribution is 2.28. The van der Waals surface area contributed by atoms with Crippen molar-refractivity contribution in [3.05, 3.63) is 53.3 Å². The van der Waals surface area contributed by atoms with Gasteiger partial charge in [-0.3, -0.25) is 9.59 Å². The number of fused-ring (bicyclic) bond motifs is 1. The topological polar surface area (TPSA) is 82.4 Å². The van der Waals surface area contributed by atoms with Crippen LogP contribution in [0.3, 0.4) is 0 Å². The number of likely N-dealkylation sites (N-methyl/N-ethyl adjacent to an activating group) is 1. The molecule has 1 aromatic heterocycles. The number of para-hydroxylation sites is 1. The van der Waals surface area contributed by atoms with Gasteiger partial charge in [-0.05, 0) is 24.1 Å². The van der Waals surface area contributed by atoms with E-state index in [4.69, 9.17) is 5.73 Å². The summed E-state index contributed by atoms with van der Waals surface area (Å²) < 4.78 is 0. The van der Waals surface area contributed by atoms with E-state index in [1.54, 1.807) is 0 Å². The normalized spacial score (nSPS) is 17.3. The highest BCUT2D eigenvalue weighted by atomic mass is 16.2. The van der Waals surface area contributed by atoms with Crippen molar-refractivity contribution in [3.8, 4) is 0 Å². The van der Waals surface area contributed by atoms with Crippen LogP contribution in [-0.2, 0) is 6.54 Å². The van der Waals surface area contributed by atoms with Crippen LogP contribution in [-0.4, -0.2) is 41.3 Å². The Bertz CT molecular complexity index is 768. The van der Waals surface area contributed by atoms with Gasteiger partial charge in [0.25, 0.3) is 5.91 Å². The maximum absolute atomic E-state index is 13.0. The molecule has 0 radical (unpaired) electrons. The van der Waals surface area contributed by atoms with Gasteiger partial charge in [-0.25, -0.2) is 0 Å². The van der Waals surface area contributed by atoms with Gasteiger partial charge in [0, 0.05) is 38.1 Å². The van der Waals surface area contributed by atoms with Crippen molar-refractivity contribution in [2.75, 3.05) is 18.5 Å². The zero-order valence-electron chi connectivity index (χ0n) is 14.0. The molecule has 2 aromatic rings. The van der Waals surface area contributed by atoms with Crippen molar-refractivity contribution in [2.45, 2.75) is 25.9 Å². The summed E-state index contributed by atoms with van der Waals surface area (Å²) in [7, 11) is 2.05. The first kappa shape index (κ1) is 16.1. The van der Waals surface area contributed by atoms with Gasteiger partial charge in [0.1, 0.15) is 5.69 Å². The smallest absolute Gasteiger partial charge is 0.270 e. The lowest BCUT2D eigenvalue weighted by Gasteiger charge is -2.30. The highest BCUT2D eigenvalue weighted by Gasteiger charge is 2.30. The molecule has 1 atom stereocenters. The molecule has 6 nitrogen and oxygen atoms in total. The molecule has 0 spiro atoms. The molecule has 0 bridgehead atoms. The average molecular weight is 326 g/mol. The molecule has 126 valence electrons. The fraction of sp³-hybridized carbons (Fsp3) is 0.333. The van der Waals surface area contributed by atoms with E-state index in [1.807, 2.05) is 23.1 Å². The van der Waals surface area contributed by atoms with Gasteiger partial charge in [0.2, 0.25) is 5.91 Å². The van der Waals surface area contributed by atoms with Gasteiger partial charge < -0.3 is 20.5 Å². The van der Waals surface area contributed by atoms with Crippen molar-refractivity contribution in [2.24, 2.45) is 5.73 Å². The molecule has 0 aliphatic carbocycles. The first-order chi connectivity index (χ1) is 11.5. The number of hydrogen-bond acceptors (Lipinski definition) is 3. The fourth-order valence-electron chi connectivity index (χ4n) is 3.24. The Morgan fingerprint density at radius 1 is 1.33 bits per heavy atom. The van der Waals surface area contributed by atoms with Crippen LogP contribution in [0.1, 0.15) is 39.8 Å². The van der Waals surface area contributed by atoms with Crippen LogP contribution in [0, 0.1) is 0 Å². The summed E-state index contributed by atoms with van der Waals surface area (Å²) in [4.78, 5) is 31.2. The summed E-state index contributed by atoms with van der Waals surface area (Å²) >= 11 is 0. The largest absolute Gasteiger partial charge is 0.372 e. The zero-order valence-corrected chi connectivity index (χ0v) is 14.0. The minimum Gasteiger partial charge on any atom is -0.372 e. The van der Waals surface area contributed by atoms with E-state index < -0.39 is 5.91 Å². The first-order valence-corrected chi connectivity index (χ1v) is 8.09. The monoisotopic (exact) mass is 326 g/mol. The number of nitrogens with two attached hydrogens (primary N) is 1. The summed E-state index contributed by atoms with van der Waals surface area (Å²) in [6, 6.07) is 9.75. The molecule has 3 N–H and O–H groups in total. The van der Waals surface area contributed by atoms with Gasteiger partial charge in [0.15, 0.2) is 0 Å². The van der Waals surface area contributed by atoms with Crippen LogP contribution in [0.4, 0.5) is 5.69 Å². The Hall–Kier alpha value is -2.76. The van der Waals surface area contributed by atoms with Crippen molar-refractivity contribution < 1.29 is 9.59 Å². The highest BCUT2D eigenvalue weighted by molar-refractivity contribution is 5.98. The lowest BCUT2D eigenvalue weighted by molar-refractivity contribution is 0.0662. The van der Waals surface area contributed by atoms with Crippen molar-refractivity contribution in [3.63, 3.8) is 0 Å². The SMILES string of the molecule is CC[C@H]1CN(C)c2ccccc2CN1C(=O)c1cc(C(N)=O)c[nH]1. The van der Waals surface area contributed by atoms with E-state index in [0.29, 0.717) is 17.8 Å². The summed E-state index contributed by atoms with van der Waals surface area (Å²) in [5.41, 5.74) is 8.25. The predicted octanol–water partition coefficient (Wildman–Crippen LogP) is 1.98. The third-order valence-corrected chi connectivity index (χ3v) is 4.60. The average Bonchev–Trinajstić information content (AvgIpc) is 3.02. The summed E-state index contributed by atoms with van der Waals surface area (Å²) in [5, 5.41) is 0. The number of anilines is 1. The molecule has 1 aromatic carbocycles. The van der Waals surface area contributed by atoms with Crippen molar-refractivity contribution >= 4 is 17.5 Å². The van der Waals surface area contributed by atoms with E-state index in [1.165, 1.54) is 12.3 Å². The Balaban J connectivity index is 1.94. The molecule has 2 heterocycles. The van der Waals surface area contributed by atoms with Crippen LogP contribution in [0.2, 0.25) is 0 Å². The number of nitrogens with zero attached hydrogens (tertiary/aromatic N) is 2.